The van der Waals surface area contributed by atoms with E-state index in [9.17, 15) is 0 Å². The third kappa shape index (κ3) is 2.08. The Balaban J connectivity index is 1.94. The van der Waals surface area contributed by atoms with Gasteiger partial charge in [0.25, 0.3) is 0 Å². The van der Waals surface area contributed by atoms with Crippen LogP contribution in [-0.2, 0) is 12.8 Å². The van der Waals surface area contributed by atoms with Gasteiger partial charge in [0, 0.05) is 12.8 Å². The number of rotatable bonds is 3. The Kier molecular flexibility index (Phi) is 2.44. The van der Waals surface area contributed by atoms with Gasteiger partial charge >= 0.3 is 0 Å². The van der Waals surface area contributed by atoms with Crippen LogP contribution in [-0.4, -0.2) is 0 Å². The summed E-state index contributed by atoms with van der Waals surface area (Å²) in [4.78, 5) is 0. The van der Waals surface area contributed by atoms with Crippen molar-refractivity contribution >= 4 is 0 Å². The molecule has 0 spiro atoms. The number of hydrogen-bond donors (Lipinski definition) is 0. The summed E-state index contributed by atoms with van der Waals surface area (Å²) in [6.07, 6.45) is 3.59. The van der Waals surface area contributed by atoms with Gasteiger partial charge in [-0.15, -0.1) is 0 Å². The van der Waals surface area contributed by atoms with Crippen molar-refractivity contribution in [3.63, 3.8) is 0 Å². The monoisotopic (exact) mass is 190 g/mol. The summed E-state index contributed by atoms with van der Waals surface area (Å²) < 4.78 is 10.8. The molecule has 0 fully saturated rings. The molecule has 2 rings (SSSR count). The highest BCUT2D eigenvalue weighted by molar-refractivity contribution is 5.12. The second-order valence-corrected chi connectivity index (χ2v) is 3.60. The molecule has 0 aromatic carbocycles. The maximum Gasteiger partial charge on any atom is 0.104 e. The lowest BCUT2D eigenvalue weighted by Crippen LogP contribution is -1.86. The molecule has 2 heterocycles. The summed E-state index contributed by atoms with van der Waals surface area (Å²) in [5, 5.41) is 0. The van der Waals surface area contributed by atoms with E-state index in [1.54, 1.807) is 6.26 Å². The van der Waals surface area contributed by atoms with Crippen molar-refractivity contribution in [3.05, 3.63) is 47.3 Å². The van der Waals surface area contributed by atoms with Gasteiger partial charge in [-0.2, -0.15) is 0 Å². The van der Waals surface area contributed by atoms with E-state index in [4.69, 9.17) is 8.83 Å². The second-order valence-electron chi connectivity index (χ2n) is 3.60. The highest BCUT2D eigenvalue weighted by Gasteiger charge is 2.02. The van der Waals surface area contributed by atoms with E-state index < -0.39 is 0 Å². The fourth-order valence-electron chi connectivity index (χ4n) is 1.49. The van der Waals surface area contributed by atoms with Gasteiger partial charge in [-0.05, 0) is 37.6 Å². The molecule has 0 N–H and O–H groups in total. The van der Waals surface area contributed by atoms with Gasteiger partial charge in [0.15, 0.2) is 0 Å². The molecule has 2 aromatic rings. The first-order chi connectivity index (χ1) is 6.74. The van der Waals surface area contributed by atoms with E-state index in [1.807, 2.05) is 26.0 Å². The van der Waals surface area contributed by atoms with E-state index in [0.717, 1.165) is 30.1 Å². The van der Waals surface area contributed by atoms with Crippen LogP contribution in [0.1, 0.15) is 22.8 Å². The molecule has 0 saturated heterocycles. The fourth-order valence-corrected chi connectivity index (χ4v) is 1.49. The summed E-state index contributed by atoms with van der Waals surface area (Å²) in [7, 11) is 0. The van der Waals surface area contributed by atoms with Crippen LogP contribution in [0.5, 0.6) is 0 Å². The predicted octanol–water partition coefficient (Wildman–Crippen LogP) is 3.27. The molecule has 2 heteroatoms. The van der Waals surface area contributed by atoms with Gasteiger partial charge in [0.05, 0.1) is 6.26 Å². The zero-order chi connectivity index (χ0) is 9.97. The largest absolute Gasteiger partial charge is 0.469 e. The maximum absolute atomic E-state index is 5.47. The van der Waals surface area contributed by atoms with Crippen molar-refractivity contribution < 1.29 is 8.83 Å². The Bertz CT molecular complexity index is 369. The predicted molar refractivity (Wildman–Crippen MR) is 54.3 cm³/mol. The summed E-state index contributed by atoms with van der Waals surface area (Å²) in [6, 6.07) is 6.07. The lowest BCUT2D eigenvalue weighted by Gasteiger charge is -1.93. The van der Waals surface area contributed by atoms with Crippen LogP contribution in [0, 0.1) is 13.8 Å². The molecule has 0 atom stereocenters. The van der Waals surface area contributed by atoms with Gasteiger partial charge in [0.2, 0.25) is 0 Å². The lowest BCUT2D eigenvalue weighted by atomic mass is 10.2. The van der Waals surface area contributed by atoms with Crippen LogP contribution in [0.3, 0.4) is 0 Å². The molecule has 0 aliphatic carbocycles. The Labute approximate surface area is 83.5 Å². The number of furan rings is 2. The quantitative estimate of drug-likeness (QED) is 0.742. The fraction of sp³-hybridized carbons (Fsp3) is 0.333. The van der Waals surface area contributed by atoms with Gasteiger partial charge < -0.3 is 8.83 Å². The van der Waals surface area contributed by atoms with Crippen LogP contribution in [0.4, 0.5) is 0 Å². The Morgan fingerprint density at radius 1 is 1.07 bits per heavy atom. The standard InChI is InChI=1S/C12H14O2/c1-9-7-12(13-8-9)6-5-11-4-3-10(2)14-11/h3-4,7-8H,5-6H2,1-2H3. The van der Waals surface area contributed by atoms with Crippen molar-refractivity contribution in [1.82, 2.24) is 0 Å². The first-order valence-corrected chi connectivity index (χ1v) is 4.83. The third-order valence-electron chi connectivity index (χ3n) is 2.20. The van der Waals surface area contributed by atoms with Crippen molar-refractivity contribution in [3.8, 4) is 0 Å². The summed E-state index contributed by atoms with van der Waals surface area (Å²) >= 11 is 0. The molecular weight excluding hydrogens is 176 g/mol. The Hall–Kier alpha value is -1.44. The highest BCUT2D eigenvalue weighted by atomic mass is 16.3. The molecule has 2 aromatic heterocycles. The summed E-state index contributed by atoms with van der Waals surface area (Å²) in [5.74, 6) is 3.02. The SMILES string of the molecule is Cc1coc(CCc2ccc(C)o2)c1. The first kappa shape index (κ1) is 9.13. The van der Waals surface area contributed by atoms with Gasteiger partial charge in [0.1, 0.15) is 17.3 Å². The Morgan fingerprint density at radius 2 is 1.86 bits per heavy atom. The molecule has 14 heavy (non-hydrogen) atoms. The second kappa shape index (κ2) is 3.74. The van der Waals surface area contributed by atoms with Crippen LogP contribution in [0.25, 0.3) is 0 Å². The van der Waals surface area contributed by atoms with Crippen molar-refractivity contribution in [2.45, 2.75) is 26.7 Å². The van der Waals surface area contributed by atoms with Crippen LogP contribution in [0.2, 0.25) is 0 Å². The normalized spacial score (nSPS) is 10.7. The minimum atomic E-state index is 0.904. The van der Waals surface area contributed by atoms with Gasteiger partial charge in [-0.25, -0.2) is 0 Å². The van der Waals surface area contributed by atoms with E-state index in [-0.39, 0.29) is 0 Å². The van der Waals surface area contributed by atoms with E-state index in [0.29, 0.717) is 0 Å². The third-order valence-corrected chi connectivity index (χ3v) is 2.20. The van der Waals surface area contributed by atoms with E-state index in [1.165, 1.54) is 5.56 Å². The van der Waals surface area contributed by atoms with Gasteiger partial charge in [-0.3, -0.25) is 0 Å². The number of hydrogen-bond acceptors (Lipinski definition) is 2. The topological polar surface area (TPSA) is 26.3 Å². The highest BCUT2D eigenvalue weighted by Crippen LogP contribution is 2.12. The minimum absolute atomic E-state index is 0.904. The molecule has 0 bridgehead atoms. The molecule has 2 nitrogen and oxygen atoms in total. The number of aryl methyl sites for hydroxylation is 4. The van der Waals surface area contributed by atoms with Crippen LogP contribution >= 0.6 is 0 Å². The van der Waals surface area contributed by atoms with Crippen molar-refractivity contribution in [1.29, 1.82) is 0 Å². The van der Waals surface area contributed by atoms with Crippen LogP contribution in [0.15, 0.2) is 33.3 Å². The molecule has 0 unspecified atom stereocenters. The van der Waals surface area contributed by atoms with Crippen molar-refractivity contribution in [2.75, 3.05) is 0 Å². The smallest absolute Gasteiger partial charge is 0.104 e. The average molecular weight is 190 g/mol. The lowest BCUT2D eigenvalue weighted by molar-refractivity contribution is 0.461. The zero-order valence-electron chi connectivity index (χ0n) is 8.54. The van der Waals surface area contributed by atoms with E-state index in [2.05, 4.69) is 6.07 Å². The minimum Gasteiger partial charge on any atom is -0.469 e. The zero-order valence-corrected chi connectivity index (χ0v) is 8.54. The molecule has 0 saturated carbocycles. The molecule has 0 aliphatic heterocycles. The molecule has 0 radical (unpaired) electrons. The summed E-state index contributed by atoms with van der Waals surface area (Å²) in [5.41, 5.74) is 1.18. The first-order valence-electron chi connectivity index (χ1n) is 4.83. The summed E-state index contributed by atoms with van der Waals surface area (Å²) in [6.45, 7) is 3.99. The average Bonchev–Trinajstić information content (AvgIpc) is 2.72. The molecular formula is C12H14O2. The van der Waals surface area contributed by atoms with Crippen LogP contribution < -0.4 is 0 Å². The maximum atomic E-state index is 5.47. The van der Waals surface area contributed by atoms with Crippen molar-refractivity contribution in [2.24, 2.45) is 0 Å². The van der Waals surface area contributed by atoms with E-state index >= 15 is 0 Å². The Morgan fingerprint density at radius 3 is 2.43 bits per heavy atom. The van der Waals surface area contributed by atoms with Gasteiger partial charge in [-0.1, -0.05) is 0 Å². The molecule has 0 amide bonds. The molecule has 74 valence electrons. The molecule has 0 aliphatic rings.